The van der Waals surface area contributed by atoms with Gasteiger partial charge >= 0.3 is 5.97 Å². The predicted molar refractivity (Wildman–Crippen MR) is 58.9 cm³/mol. The van der Waals surface area contributed by atoms with Gasteiger partial charge < -0.3 is 14.6 Å². The standard InChI is InChI=1S/C12H14O4/c1-3-9(2)15-8-16-12(14)10-4-6-11(13)7-5-10/h3-7,13H,8H2,1-2H3. The van der Waals surface area contributed by atoms with Crippen LogP contribution in [-0.4, -0.2) is 17.9 Å². The van der Waals surface area contributed by atoms with Crippen LogP contribution in [0.3, 0.4) is 0 Å². The number of hydrogen-bond donors (Lipinski definition) is 1. The van der Waals surface area contributed by atoms with E-state index in [1.54, 1.807) is 13.0 Å². The molecule has 0 aromatic heterocycles. The van der Waals surface area contributed by atoms with E-state index in [4.69, 9.17) is 14.6 Å². The Labute approximate surface area is 94.1 Å². The van der Waals surface area contributed by atoms with Crippen molar-refractivity contribution in [2.75, 3.05) is 6.79 Å². The molecule has 1 rings (SSSR count). The van der Waals surface area contributed by atoms with Crippen LogP contribution >= 0.6 is 0 Å². The Morgan fingerprint density at radius 1 is 1.31 bits per heavy atom. The number of hydrogen-bond acceptors (Lipinski definition) is 4. The molecule has 0 bridgehead atoms. The highest BCUT2D eigenvalue weighted by molar-refractivity contribution is 5.89. The highest BCUT2D eigenvalue weighted by atomic mass is 16.7. The smallest absolute Gasteiger partial charge is 0.341 e. The van der Waals surface area contributed by atoms with Crippen LogP contribution < -0.4 is 0 Å². The molecular formula is C12H14O4. The molecule has 0 atom stereocenters. The molecule has 0 heterocycles. The minimum absolute atomic E-state index is 0.109. The van der Waals surface area contributed by atoms with Crippen molar-refractivity contribution in [1.82, 2.24) is 0 Å². The molecule has 0 aliphatic rings. The van der Waals surface area contributed by atoms with E-state index in [2.05, 4.69) is 0 Å². The fourth-order valence-electron chi connectivity index (χ4n) is 0.940. The summed E-state index contributed by atoms with van der Waals surface area (Å²) in [5.74, 6) is 0.319. The second-order valence-electron chi connectivity index (χ2n) is 3.14. The summed E-state index contributed by atoms with van der Waals surface area (Å²) >= 11 is 0. The molecule has 1 N–H and O–H groups in total. The topological polar surface area (TPSA) is 55.8 Å². The number of phenolic OH excluding ortho intramolecular Hbond substituents is 1. The maximum atomic E-state index is 11.4. The molecule has 0 saturated carbocycles. The number of ether oxygens (including phenoxy) is 2. The van der Waals surface area contributed by atoms with Crippen molar-refractivity contribution >= 4 is 5.97 Å². The van der Waals surface area contributed by atoms with E-state index in [1.807, 2.05) is 6.92 Å². The lowest BCUT2D eigenvalue weighted by molar-refractivity contribution is -0.00694. The van der Waals surface area contributed by atoms with E-state index in [-0.39, 0.29) is 12.5 Å². The van der Waals surface area contributed by atoms with Crippen molar-refractivity contribution in [2.24, 2.45) is 0 Å². The van der Waals surface area contributed by atoms with Gasteiger partial charge in [-0.25, -0.2) is 4.79 Å². The maximum Gasteiger partial charge on any atom is 0.341 e. The summed E-state index contributed by atoms with van der Waals surface area (Å²) in [5.41, 5.74) is 0.375. The van der Waals surface area contributed by atoms with Gasteiger partial charge in [0.15, 0.2) is 0 Å². The van der Waals surface area contributed by atoms with E-state index in [1.165, 1.54) is 24.3 Å². The molecule has 0 aliphatic heterocycles. The fourth-order valence-corrected chi connectivity index (χ4v) is 0.940. The fraction of sp³-hybridized carbons (Fsp3) is 0.250. The lowest BCUT2D eigenvalue weighted by atomic mass is 10.2. The third kappa shape index (κ3) is 3.65. The number of phenols is 1. The average molecular weight is 222 g/mol. The Hall–Kier alpha value is -1.97. The molecule has 86 valence electrons. The zero-order valence-electron chi connectivity index (χ0n) is 9.27. The lowest BCUT2D eigenvalue weighted by Crippen LogP contribution is -2.08. The molecule has 16 heavy (non-hydrogen) atoms. The van der Waals surface area contributed by atoms with E-state index in [9.17, 15) is 4.79 Å². The highest BCUT2D eigenvalue weighted by Gasteiger charge is 2.06. The van der Waals surface area contributed by atoms with Gasteiger partial charge in [-0.15, -0.1) is 0 Å². The first-order valence-corrected chi connectivity index (χ1v) is 4.85. The Balaban J connectivity index is 2.44. The van der Waals surface area contributed by atoms with Crippen molar-refractivity contribution < 1.29 is 19.4 Å². The summed E-state index contributed by atoms with van der Waals surface area (Å²) in [7, 11) is 0. The van der Waals surface area contributed by atoms with Crippen molar-refractivity contribution in [1.29, 1.82) is 0 Å². The molecular weight excluding hydrogens is 208 g/mol. The van der Waals surface area contributed by atoms with E-state index in [0.717, 1.165) is 0 Å². The van der Waals surface area contributed by atoms with Gasteiger partial charge in [0.2, 0.25) is 6.79 Å². The van der Waals surface area contributed by atoms with Gasteiger partial charge in [-0.3, -0.25) is 0 Å². The molecule has 0 spiro atoms. The number of esters is 1. The molecule has 4 heteroatoms. The monoisotopic (exact) mass is 222 g/mol. The van der Waals surface area contributed by atoms with Crippen LogP contribution in [0.15, 0.2) is 36.1 Å². The first-order valence-electron chi connectivity index (χ1n) is 4.85. The van der Waals surface area contributed by atoms with Crippen molar-refractivity contribution in [3.8, 4) is 5.75 Å². The number of allylic oxidation sites excluding steroid dienone is 2. The van der Waals surface area contributed by atoms with Crippen molar-refractivity contribution in [3.63, 3.8) is 0 Å². The number of carbonyl (C=O) groups excluding carboxylic acids is 1. The molecule has 0 radical (unpaired) electrons. The Bertz CT molecular complexity index is 379. The van der Waals surface area contributed by atoms with Gasteiger partial charge in [0.1, 0.15) is 5.75 Å². The number of carbonyl (C=O) groups is 1. The summed E-state index contributed by atoms with van der Waals surface area (Å²) < 4.78 is 9.93. The summed E-state index contributed by atoms with van der Waals surface area (Å²) in [6, 6.07) is 5.82. The second-order valence-corrected chi connectivity index (χ2v) is 3.14. The van der Waals surface area contributed by atoms with Crippen LogP contribution in [-0.2, 0) is 9.47 Å². The van der Waals surface area contributed by atoms with E-state index in [0.29, 0.717) is 11.3 Å². The van der Waals surface area contributed by atoms with Crippen molar-refractivity contribution in [2.45, 2.75) is 13.8 Å². The summed E-state index contributed by atoms with van der Waals surface area (Å²) in [6.07, 6.45) is 1.77. The highest BCUT2D eigenvalue weighted by Crippen LogP contribution is 2.10. The van der Waals surface area contributed by atoms with E-state index >= 15 is 0 Å². The quantitative estimate of drug-likeness (QED) is 0.483. The van der Waals surface area contributed by atoms with Crippen LogP contribution in [0.4, 0.5) is 0 Å². The molecule has 0 saturated heterocycles. The maximum absolute atomic E-state index is 11.4. The normalized spacial score (nSPS) is 11.0. The molecule has 0 unspecified atom stereocenters. The molecule has 1 aromatic carbocycles. The van der Waals surface area contributed by atoms with Crippen LogP contribution in [0.25, 0.3) is 0 Å². The molecule has 4 nitrogen and oxygen atoms in total. The largest absolute Gasteiger partial charge is 0.508 e. The molecule has 0 amide bonds. The lowest BCUT2D eigenvalue weighted by Gasteiger charge is -2.07. The summed E-state index contributed by atoms with van der Waals surface area (Å²) in [5, 5.41) is 9.03. The SMILES string of the molecule is CC=C(C)OCOC(=O)c1ccc(O)cc1. The molecule has 1 aromatic rings. The third-order valence-electron chi connectivity index (χ3n) is 1.99. The number of benzene rings is 1. The van der Waals surface area contributed by atoms with Gasteiger partial charge in [-0.05, 0) is 44.2 Å². The Kier molecular flexibility index (Phi) is 4.39. The van der Waals surface area contributed by atoms with Gasteiger partial charge in [0, 0.05) is 0 Å². The van der Waals surface area contributed by atoms with Gasteiger partial charge in [0.05, 0.1) is 11.3 Å². The minimum atomic E-state index is -0.482. The van der Waals surface area contributed by atoms with Crippen molar-refractivity contribution in [3.05, 3.63) is 41.7 Å². The first-order chi connectivity index (χ1) is 7.63. The molecule has 0 fully saturated rings. The van der Waals surface area contributed by atoms with Crippen LogP contribution in [0, 0.1) is 0 Å². The minimum Gasteiger partial charge on any atom is -0.508 e. The van der Waals surface area contributed by atoms with E-state index < -0.39 is 5.97 Å². The van der Waals surface area contributed by atoms with Crippen LogP contribution in [0.1, 0.15) is 24.2 Å². The average Bonchev–Trinajstić information content (AvgIpc) is 2.29. The zero-order valence-corrected chi connectivity index (χ0v) is 9.27. The van der Waals surface area contributed by atoms with Gasteiger partial charge in [-0.1, -0.05) is 0 Å². The Morgan fingerprint density at radius 2 is 1.94 bits per heavy atom. The third-order valence-corrected chi connectivity index (χ3v) is 1.99. The first kappa shape index (κ1) is 12.1. The van der Waals surface area contributed by atoms with Crippen LogP contribution in [0.5, 0.6) is 5.75 Å². The predicted octanol–water partition coefficient (Wildman–Crippen LogP) is 2.45. The Morgan fingerprint density at radius 3 is 2.50 bits per heavy atom. The molecule has 0 aliphatic carbocycles. The zero-order chi connectivity index (χ0) is 12.0. The number of rotatable bonds is 4. The summed E-state index contributed by atoms with van der Waals surface area (Å²) in [4.78, 5) is 11.4. The van der Waals surface area contributed by atoms with Gasteiger partial charge in [-0.2, -0.15) is 0 Å². The summed E-state index contributed by atoms with van der Waals surface area (Å²) in [6.45, 7) is 3.49. The number of aromatic hydroxyl groups is 1. The van der Waals surface area contributed by atoms with Crippen LogP contribution in [0.2, 0.25) is 0 Å². The second kappa shape index (κ2) is 5.80. The van der Waals surface area contributed by atoms with Gasteiger partial charge in [0.25, 0.3) is 0 Å².